The maximum Gasteiger partial charge on any atom is 0.138 e. The van der Waals surface area contributed by atoms with Crippen molar-refractivity contribution in [3.8, 4) is 0 Å². The number of nitrogens with one attached hydrogen (secondary N) is 1. The van der Waals surface area contributed by atoms with Crippen molar-refractivity contribution in [2.75, 3.05) is 5.32 Å². The van der Waals surface area contributed by atoms with Gasteiger partial charge in [-0.15, -0.1) is 11.3 Å². The van der Waals surface area contributed by atoms with Crippen LogP contribution >= 0.6 is 11.3 Å². The van der Waals surface area contributed by atoms with Crippen LogP contribution < -0.4 is 5.32 Å². The van der Waals surface area contributed by atoms with Gasteiger partial charge in [0.1, 0.15) is 17.0 Å². The van der Waals surface area contributed by atoms with Gasteiger partial charge in [-0.3, -0.25) is 0 Å². The molecule has 0 amide bonds. The number of aryl methyl sites for hydroxylation is 2. The summed E-state index contributed by atoms with van der Waals surface area (Å²) < 4.78 is 0. The van der Waals surface area contributed by atoms with E-state index in [0.717, 1.165) is 17.1 Å². The summed E-state index contributed by atoms with van der Waals surface area (Å²) in [6.45, 7) is 4.39. The highest BCUT2D eigenvalue weighted by atomic mass is 32.1. The molecule has 1 atom stereocenters. The molecule has 3 nitrogen and oxygen atoms in total. The van der Waals surface area contributed by atoms with Crippen molar-refractivity contribution >= 4 is 27.4 Å². The first kappa shape index (κ1) is 11.9. The molecule has 0 fully saturated rings. The number of aromatic nitrogens is 2. The lowest BCUT2D eigenvalue weighted by molar-refractivity contribution is 0.700. The van der Waals surface area contributed by atoms with Crippen molar-refractivity contribution in [3.63, 3.8) is 0 Å². The number of rotatable bonds is 3. The molecule has 0 spiro atoms. The second-order valence-electron chi connectivity index (χ2n) is 5.07. The van der Waals surface area contributed by atoms with Crippen molar-refractivity contribution in [1.82, 2.24) is 9.97 Å². The molecule has 2 heterocycles. The molecular formula is C14H19N3S. The molecule has 1 N–H and O–H groups in total. The second-order valence-corrected chi connectivity index (χ2v) is 6.15. The predicted molar refractivity (Wildman–Crippen MR) is 77.4 cm³/mol. The van der Waals surface area contributed by atoms with Crippen molar-refractivity contribution in [3.05, 3.63) is 16.8 Å². The molecule has 0 radical (unpaired) electrons. The van der Waals surface area contributed by atoms with E-state index in [-0.39, 0.29) is 0 Å². The molecule has 1 unspecified atom stereocenters. The molecule has 2 aromatic rings. The van der Waals surface area contributed by atoms with Gasteiger partial charge in [-0.25, -0.2) is 9.97 Å². The van der Waals surface area contributed by atoms with Gasteiger partial charge in [0.05, 0.1) is 5.39 Å². The Morgan fingerprint density at radius 3 is 3.00 bits per heavy atom. The Morgan fingerprint density at radius 2 is 2.17 bits per heavy atom. The Bertz CT molecular complexity index is 561. The van der Waals surface area contributed by atoms with Crippen LogP contribution in [-0.2, 0) is 12.8 Å². The Kier molecular flexibility index (Phi) is 3.20. The summed E-state index contributed by atoms with van der Waals surface area (Å²) in [5.41, 5.74) is 1.51. The zero-order valence-corrected chi connectivity index (χ0v) is 11.8. The van der Waals surface area contributed by atoms with Gasteiger partial charge in [-0.05, 0) is 44.6 Å². The average molecular weight is 261 g/mol. The average Bonchev–Trinajstić information content (AvgIpc) is 2.78. The molecule has 1 aliphatic carbocycles. The van der Waals surface area contributed by atoms with Crippen molar-refractivity contribution in [1.29, 1.82) is 0 Å². The first-order chi connectivity index (χ1) is 8.79. The van der Waals surface area contributed by atoms with Gasteiger partial charge in [0.15, 0.2) is 0 Å². The fourth-order valence-electron chi connectivity index (χ4n) is 2.54. The van der Waals surface area contributed by atoms with Crippen molar-refractivity contribution in [2.24, 2.45) is 0 Å². The van der Waals surface area contributed by atoms with Crippen LogP contribution in [0.2, 0.25) is 0 Å². The van der Waals surface area contributed by atoms with Crippen LogP contribution in [0.25, 0.3) is 10.2 Å². The van der Waals surface area contributed by atoms with Gasteiger partial charge in [-0.2, -0.15) is 0 Å². The first-order valence-electron chi connectivity index (χ1n) is 6.81. The van der Waals surface area contributed by atoms with E-state index in [0.29, 0.717) is 6.04 Å². The molecule has 3 rings (SSSR count). The van der Waals surface area contributed by atoms with Crippen molar-refractivity contribution in [2.45, 2.75) is 52.0 Å². The SMILES string of the molecule is CCC(C)Nc1ncnc2sc3c(c12)CCCC3. The van der Waals surface area contributed by atoms with Gasteiger partial charge in [0.25, 0.3) is 0 Å². The minimum absolute atomic E-state index is 0.460. The molecular weight excluding hydrogens is 242 g/mol. The zero-order chi connectivity index (χ0) is 12.5. The summed E-state index contributed by atoms with van der Waals surface area (Å²) in [5.74, 6) is 1.04. The normalized spacial score (nSPS) is 16.6. The van der Waals surface area contributed by atoms with Crippen molar-refractivity contribution < 1.29 is 0 Å². The van der Waals surface area contributed by atoms with E-state index in [9.17, 15) is 0 Å². The summed E-state index contributed by atoms with van der Waals surface area (Å²) >= 11 is 1.86. The standard InChI is InChI=1S/C14H19N3S/c1-3-9(2)17-13-12-10-6-4-5-7-11(10)18-14(12)16-8-15-13/h8-9H,3-7H2,1-2H3,(H,15,16,17). The van der Waals surface area contributed by atoms with E-state index in [1.807, 2.05) is 11.3 Å². The molecule has 0 saturated carbocycles. The quantitative estimate of drug-likeness (QED) is 0.913. The highest BCUT2D eigenvalue weighted by Gasteiger charge is 2.20. The molecule has 0 aliphatic heterocycles. The Morgan fingerprint density at radius 1 is 1.33 bits per heavy atom. The summed E-state index contributed by atoms with van der Waals surface area (Å²) in [5, 5.41) is 4.82. The molecule has 1 aliphatic rings. The largest absolute Gasteiger partial charge is 0.367 e. The monoisotopic (exact) mass is 261 g/mol. The fraction of sp³-hybridized carbons (Fsp3) is 0.571. The Labute approximate surface area is 112 Å². The number of hydrogen-bond donors (Lipinski definition) is 1. The van der Waals surface area contributed by atoms with Gasteiger partial charge in [0, 0.05) is 10.9 Å². The third kappa shape index (κ3) is 1.99. The highest BCUT2D eigenvalue weighted by molar-refractivity contribution is 7.19. The molecule has 0 bridgehead atoms. The van der Waals surface area contributed by atoms with Crippen LogP contribution in [0.4, 0.5) is 5.82 Å². The van der Waals surface area contributed by atoms with Crippen LogP contribution in [0.15, 0.2) is 6.33 Å². The van der Waals surface area contributed by atoms with Crippen LogP contribution in [0.1, 0.15) is 43.6 Å². The molecule has 0 aromatic carbocycles. The van der Waals surface area contributed by atoms with Crippen LogP contribution in [0.3, 0.4) is 0 Å². The lowest BCUT2D eigenvalue weighted by atomic mass is 9.97. The maximum absolute atomic E-state index is 4.46. The minimum Gasteiger partial charge on any atom is -0.367 e. The van der Waals surface area contributed by atoms with E-state index in [4.69, 9.17) is 0 Å². The topological polar surface area (TPSA) is 37.8 Å². The fourth-order valence-corrected chi connectivity index (χ4v) is 3.76. The molecule has 2 aromatic heterocycles. The lowest BCUT2D eigenvalue weighted by Gasteiger charge is -2.15. The van der Waals surface area contributed by atoms with Gasteiger partial charge in [0.2, 0.25) is 0 Å². The second kappa shape index (κ2) is 4.84. The predicted octanol–water partition coefficient (Wildman–Crippen LogP) is 3.78. The van der Waals surface area contributed by atoms with Crippen LogP contribution in [0, 0.1) is 0 Å². The molecule has 4 heteroatoms. The zero-order valence-electron chi connectivity index (χ0n) is 11.0. The van der Waals surface area contributed by atoms with E-state index in [1.54, 1.807) is 6.33 Å². The van der Waals surface area contributed by atoms with Crippen LogP contribution in [0.5, 0.6) is 0 Å². The molecule has 96 valence electrons. The third-order valence-electron chi connectivity index (χ3n) is 3.75. The number of hydrogen-bond acceptors (Lipinski definition) is 4. The highest BCUT2D eigenvalue weighted by Crippen LogP contribution is 2.38. The smallest absolute Gasteiger partial charge is 0.138 e. The summed E-state index contributed by atoms with van der Waals surface area (Å²) in [6, 6.07) is 0.460. The van der Waals surface area contributed by atoms with E-state index < -0.39 is 0 Å². The lowest BCUT2D eigenvalue weighted by Crippen LogP contribution is -2.15. The van der Waals surface area contributed by atoms with Gasteiger partial charge < -0.3 is 5.32 Å². The number of fused-ring (bicyclic) bond motifs is 3. The molecule has 18 heavy (non-hydrogen) atoms. The Balaban J connectivity index is 2.10. The van der Waals surface area contributed by atoms with E-state index in [2.05, 4.69) is 29.1 Å². The summed E-state index contributed by atoms with van der Waals surface area (Å²) in [7, 11) is 0. The number of anilines is 1. The van der Waals surface area contributed by atoms with E-state index >= 15 is 0 Å². The number of thiophene rings is 1. The summed E-state index contributed by atoms with van der Waals surface area (Å²) in [6.07, 6.45) is 7.84. The van der Waals surface area contributed by atoms with Gasteiger partial charge in [-0.1, -0.05) is 6.92 Å². The number of nitrogens with zero attached hydrogens (tertiary/aromatic N) is 2. The first-order valence-corrected chi connectivity index (χ1v) is 7.63. The summed E-state index contributed by atoms with van der Waals surface area (Å²) in [4.78, 5) is 11.6. The Hall–Kier alpha value is -1.16. The molecule has 0 saturated heterocycles. The maximum atomic E-state index is 4.46. The van der Waals surface area contributed by atoms with E-state index in [1.165, 1.54) is 41.5 Å². The third-order valence-corrected chi connectivity index (χ3v) is 4.95. The van der Waals surface area contributed by atoms with Gasteiger partial charge >= 0.3 is 0 Å². The van der Waals surface area contributed by atoms with Crippen LogP contribution in [-0.4, -0.2) is 16.0 Å². The minimum atomic E-state index is 0.460.